The van der Waals surface area contributed by atoms with Gasteiger partial charge in [0.25, 0.3) is 0 Å². The van der Waals surface area contributed by atoms with Gasteiger partial charge in [0.2, 0.25) is 0 Å². The fraction of sp³-hybridized carbons (Fsp3) is 0.647. The SMILES string of the molecule is CCCOCCC(CNC(C)(C)C)c1ccccc1Cl. The smallest absolute Gasteiger partial charge is 0.0472 e. The lowest BCUT2D eigenvalue weighted by molar-refractivity contribution is 0.126. The monoisotopic (exact) mass is 297 g/mol. The molecule has 114 valence electrons. The van der Waals surface area contributed by atoms with E-state index in [4.69, 9.17) is 16.3 Å². The molecule has 0 heterocycles. The highest BCUT2D eigenvalue weighted by atomic mass is 35.5. The van der Waals surface area contributed by atoms with Gasteiger partial charge in [0.15, 0.2) is 0 Å². The van der Waals surface area contributed by atoms with Crippen LogP contribution in [0.5, 0.6) is 0 Å². The predicted molar refractivity (Wildman–Crippen MR) is 87.7 cm³/mol. The van der Waals surface area contributed by atoms with Crippen LogP contribution < -0.4 is 5.32 Å². The summed E-state index contributed by atoms with van der Waals surface area (Å²) in [6, 6.07) is 8.12. The fourth-order valence-corrected chi connectivity index (χ4v) is 2.37. The van der Waals surface area contributed by atoms with E-state index in [1.165, 1.54) is 5.56 Å². The van der Waals surface area contributed by atoms with Gasteiger partial charge in [-0.15, -0.1) is 0 Å². The van der Waals surface area contributed by atoms with Crippen LogP contribution in [0.4, 0.5) is 0 Å². The molecule has 0 aliphatic rings. The molecule has 3 heteroatoms. The topological polar surface area (TPSA) is 21.3 Å². The third kappa shape index (κ3) is 6.74. The molecule has 0 radical (unpaired) electrons. The first-order valence-electron chi connectivity index (χ1n) is 7.51. The number of benzene rings is 1. The van der Waals surface area contributed by atoms with Crippen molar-refractivity contribution in [2.24, 2.45) is 0 Å². The minimum Gasteiger partial charge on any atom is -0.381 e. The standard InChI is InChI=1S/C17H28ClNO/c1-5-11-20-12-10-14(13-19-17(2,3)4)15-8-6-7-9-16(15)18/h6-9,14,19H,5,10-13H2,1-4H3. The second kappa shape index (κ2) is 8.66. The van der Waals surface area contributed by atoms with Crippen LogP contribution in [0.25, 0.3) is 0 Å². The molecule has 1 aromatic carbocycles. The molecule has 1 unspecified atom stereocenters. The highest BCUT2D eigenvalue weighted by Crippen LogP contribution is 2.27. The minimum absolute atomic E-state index is 0.115. The lowest BCUT2D eigenvalue weighted by Crippen LogP contribution is -2.38. The molecule has 1 N–H and O–H groups in total. The maximum atomic E-state index is 6.34. The van der Waals surface area contributed by atoms with Crippen LogP contribution in [0.3, 0.4) is 0 Å². The van der Waals surface area contributed by atoms with Crippen molar-refractivity contribution in [3.8, 4) is 0 Å². The van der Waals surface area contributed by atoms with E-state index in [9.17, 15) is 0 Å². The van der Waals surface area contributed by atoms with Crippen LogP contribution in [0, 0.1) is 0 Å². The molecule has 0 aliphatic heterocycles. The second-order valence-electron chi connectivity index (χ2n) is 6.25. The number of nitrogens with one attached hydrogen (secondary N) is 1. The number of hydrogen-bond donors (Lipinski definition) is 1. The first kappa shape index (κ1) is 17.5. The average Bonchev–Trinajstić information content (AvgIpc) is 2.38. The van der Waals surface area contributed by atoms with E-state index in [1.807, 2.05) is 12.1 Å². The van der Waals surface area contributed by atoms with Crippen LogP contribution in [0.1, 0.15) is 52.0 Å². The number of rotatable bonds is 8. The first-order valence-corrected chi connectivity index (χ1v) is 7.89. The molecule has 0 saturated heterocycles. The maximum Gasteiger partial charge on any atom is 0.0472 e. The second-order valence-corrected chi connectivity index (χ2v) is 6.66. The van der Waals surface area contributed by atoms with Crippen molar-refractivity contribution in [1.29, 1.82) is 0 Å². The predicted octanol–water partition coefficient (Wildman–Crippen LogP) is 4.63. The van der Waals surface area contributed by atoms with Gasteiger partial charge in [-0.3, -0.25) is 0 Å². The Balaban J connectivity index is 2.66. The van der Waals surface area contributed by atoms with Crippen molar-refractivity contribution in [3.05, 3.63) is 34.9 Å². The molecule has 0 amide bonds. The number of halogens is 1. The van der Waals surface area contributed by atoms with Gasteiger partial charge in [-0.2, -0.15) is 0 Å². The van der Waals surface area contributed by atoms with E-state index >= 15 is 0 Å². The third-order valence-electron chi connectivity index (χ3n) is 3.18. The Bertz CT molecular complexity index is 387. The Morgan fingerprint density at radius 2 is 1.90 bits per heavy atom. The van der Waals surface area contributed by atoms with Crippen LogP contribution in [-0.4, -0.2) is 25.3 Å². The molecule has 0 spiro atoms. The summed E-state index contributed by atoms with van der Waals surface area (Å²) in [5, 5.41) is 4.43. The summed E-state index contributed by atoms with van der Waals surface area (Å²) in [6.07, 6.45) is 2.06. The van der Waals surface area contributed by atoms with Crippen molar-refractivity contribution in [2.75, 3.05) is 19.8 Å². The largest absolute Gasteiger partial charge is 0.381 e. The van der Waals surface area contributed by atoms with Gasteiger partial charge >= 0.3 is 0 Å². The molecule has 2 nitrogen and oxygen atoms in total. The van der Waals surface area contributed by atoms with Crippen molar-refractivity contribution >= 4 is 11.6 Å². The Morgan fingerprint density at radius 3 is 2.50 bits per heavy atom. The van der Waals surface area contributed by atoms with E-state index in [1.54, 1.807) is 0 Å². The van der Waals surface area contributed by atoms with Crippen LogP contribution >= 0.6 is 11.6 Å². The Morgan fingerprint density at radius 1 is 1.20 bits per heavy atom. The summed E-state index contributed by atoms with van der Waals surface area (Å²) >= 11 is 6.34. The summed E-state index contributed by atoms with van der Waals surface area (Å²) in [7, 11) is 0. The van der Waals surface area contributed by atoms with Crippen LogP contribution in [0.15, 0.2) is 24.3 Å². The normalized spacial score (nSPS) is 13.4. The van der Waals surface area contributed by atoms with Crippen molar-refractivity contribution in [1.82, 2.24) is 5.32 Å². The molecule has 1 atom stereocenters. The summed E-state index contributed by atoms with van der Waals surface area (Å²) in [5.74, 6) is 0.389. The minimum atomic E-state index is 0.115. The van der Waals surface area contributed by atoms with E-state index in [0.29, 0.717) is 5.92 Å². The Labute approximate surface area is 128 Å². The van der Waals surface area contributed by atoms with E-state index in [0.717, 1.165) is 37.6 Å². The summed E-state index contributed by atoms with van der Waals surface area (Å²) in [6.45, 7) is 11.2. The summed E-state index contributed by atoms with van der Waals surface area (Å²) < 4.78 is 5.64. The molecule has 1 aromatic rings. The molecule has 0 aliphatic carbocycles. The Hall–Kier alpha value is -0.570. The quantitative estimate of drug-likeness (QED) is 0.707. The molecular formula is C17H28ClNO. The molecule has 1 rings (SSSR count). The van der Waals surface area contributed by atoms with E-state index < -0.39 is 0 Å². The molecule has 0 saturated carbocycles. The zero-order valence-corrected chi connectivity index (χ0v) is 14.0. The highest BCUT2D eigenvalue weighted by molar-refractivity contribution is 6.31. The van der Waals surface area contributed by atoms with Crippen LogP contribution in [-0.2, 0) is 4.74 Å². The molecule has 0 aromatic heterocycles. The summed E-state index contributed by atoms with van der Waals surface area (Å²) in [4.78, 5) is 0. The number of hydrogen-bond acceptors (Lipinski definition) is 2. The van der Waals surface area contributed by atoms with Crippen molar-refractivity contribution < 1.29 is 4.74 Å². The van der Waals surface area contributed by atoms with E-state index in [-0.39, 0.29) is 5.54 Å². The van der Waals surface area contributed by atoms with Gasteiger partial charge in [-0.25, -0.2) is 0 Å². The van der Waals surface area contributed by atoms with E-state index in [2.05, 4.69) is 45.1 Å². The molecule has 0 fully saturated rings. The number of ether oxygens (including phenoxy) is 1. The van der Waals surface area contributed by atoms with Crippen LogP contribution in [0.2, 0.25) is 5.02 Å². The maximum absolute atomic E-state index is 6.34. The van der Waals surface area contributed by atoms with Gasteiger partial charge in [0.05, 0.1) is 0 Å². The molecule has 20 heavy (non-hydrogen) atoms. The zero-order valence-electron chi connectivity index (χ0n) is 13.2. The van der Waals surface area contributed by atoms with Gasteiger partial charge in [-0.05, 0) is 45.2 Å². The van der Waals surface area contributed by atoms with Gasteiger partial charge in [0.1, 0.15) is 0 Å². The Kier molecular flexibility index (Phi) is 7.57. The van der Waals surface area contributed by atoms with Gasteiger partial charge < -0.3 is 10.1 Å². The first-order chi connectivity index (χ1) is 9.44. The molecular weight excluding hydrogens is 270 g/mol. The lowest BCUT2D eigenvalue weighted by atomic mass is 9.94. The lowest BCUT2D eigenvalue weighted by Gasteiger charge is -2.26. The summed E-state index contributed by atoms with van der Waals surface area (Å²) in [5.41, 5.74) is 1.33. The average molecular weight is 298 g/mol. The van der Waals surface area contributed by atoms with Crippen molar-refractivity contribution in [2.45, 2.75) is 52.0 Å². The zero-order chi connectivity index (χ0) is 15.0. The van der Waals surface area contributed by atoms with Gasteiger partial charge in [0, 0.05) is 36.2 Å². The van der Waals surface area contributed by atoms with Gasteiger partial charge in [-0.1, -0.05) is 36.7 Å². The van der Waals surface area contributed by atoms with Crippen molar-refractivity contribution in [3.63, 3.8) is 0 Å². The fourth-order valence-electron chi connectivity index (χ4n) is 2.08. The third-order valence-corrected chi connectivity index (χ3v) is 3.53. The highest BCUT2D eigenvalue weighted by Gasteiger charge is 2.17. The molecule has 0 bridgehead atoms.